The maximum Gasteiger partial charge on any atom is 0.343 e. The van der Waals surface area contributed by atoms with E-state index in [-0.39, 0.29) is 24.0 Å². The van der Waals surface area contributed by atoms with Crippen molar-refractivity contribution in [2.24, 2.45) is 4.99 Å². The van der Waals surface area contributed by atoms with Crippen molar-refractivity contribution >= 4 is 49.8 Å². The van der Waals surface area contributed by atoms with Gasteiger partial charge in [-0.05, 0) is 63.8 Å². The predicted molar refractivity (Wildman–Crippen MR) is 96.1 cm³/mol. The van der Waals surface area contributed by atoms with E-state index < -0.39 is 5.97 Å². The summed E-state index contributed by atoms with van der Waals surface area (Å²) in [6.45, 7) is 1.93. The zero-order chi connectivity index (χ0) is 17.0. The first kappa shape index (κ1) is 18.0. The van der Waals surface area contributed by atoms with E-state index in [1.165, 1.54) is 13.3 Å². The quantitative estimate of drug-likeness (QED) is 0.306. The number of carbonyl (C=O) groups excluding carboxylic acids is 1. The number of hydrogen-bond donors (Lipinski definition) is 1. The first-order chi connectivity index (χ1) is 11.0. The third-order valence-electron chi connectivity index (χ3n) is 3.22. The number of benzene rings is 1. The molecule has 1 aliphatic rings. The Bertz CT molecular complexity index is 666. The van der Waals surface area contributed by atoms with Crippen LogP contribution in [0.4, 0.5) is 0 Å². The van der Waals surface area contributed by atoms with Crippen molar-refractivity contribution in [3.63, 3.8) is 0 Å². The molecule has 0 aromatic heterocycles. The van der Waals surface area contributed by atoms with Crippen molar-refractivity contribution in [2.45, 2.75) is 25.8 Å². The minimum atomic E-state index is -0.608. The molecule has 0 radical (unpaired) electrons. The Kier molecular flexibility index (Phi) is 6.24. The van der Waals surface area contributed by atoms with Crippen molar-refractivity contribution in [3.8, 4) is 5.75 Å². The van der Waals surface area contributed by atoms with Crippen LogP contribution in [0.5, 0.6) is 5.75 Å². The van der Waals surface area contributed by atoms with Gasteiger partial charge in [-0.15, -0.1) is 0 Å². The van der Waals surface area contributed by atoms with Crippen LogP contribution in [0.3, 0.4) is 0 Å². The largest absolute Gasteiger partial charge is 0.506 e. The van der Waals surface area contributed by atoms with Crippen molar-refractivity contribution in [1.29, 1.82) is 0 Å². The summed E-state index contributed by atoms with van der Waals surface area (Å²) in [5.74, 6) is -0.287. The van der Waals surface area contributed by atoms with E-state index in [1.54, 1.807) is 19.1 Å². The molecule has 2 rings (SSSR count). The standard InChI is InChI=1S/C16H17Br2NO4/c1-3-23-16(21)11(8-19-9-4-5-9)14(20)10-6-7-12(17)15(22-2)13(10)18/h6-9,20H,3-5H2,1-2H3. The number of esters is 1. The van der Waals surface area contributed by atoms with Crippen molar-refractivity contribution in [3.05, 3.63) is 32.2 Å². The second-order valence-electron chi connectivity index (χ2n) is 4.93. The Morgan fingerprint density at radius 3 is 2.70 bits per heavy atom. The Morgan fingerprint density at radius 2 is 2.13 bits per heavy atom. The lowest BCUT2D eigenvalue weighted by Gasteiger charge is -2.12. The number of halogens is 2. The van der Waals surface area contributed by atoms with Gasteiger partial charge in [0.05, 0.1) is 28.7 Å². The maximum atomic E-state index is 12.1. The molecule has 0 atom stereocenters. The molecular formula is C16H17Br2NO4. The summed E-state index contributed by atoms with van der Waals surface area (Å²) < 4.78 is 11.6. The average Bonchev–Trinajstić information content (AvgIpc) is 3.32. The van der Waals surface area contributed by atoms with Gasteiger partial charge < -0.3 is 14.6 Å². The van der Waals surface area contributed by atoms with Crippen LogP contribution in [0, 0.1) is 0 Å². The van der Waals surface area contributed by atoms with E-state index >= 15 is 0 Å². The number of aliphatic imine (C=N–C) groups is 1. The van der Waals surface area contributed by atoms with Crippen LogP contribution in [0.25, 0.3) is 5.76 Å². The smallest absolute Gasteiger partial charge is 0.343 e. The van der Waals surface area contributed by atoms with Crippen LogP contribution in [0.1, 0.15) is 25.3 Å². The highest BCUT2D eigenvalue weighted by Crippen LogP contribution is 2.38. The van der Waals surface area contributed by atoms with E-state index in [1.807, 2.05) is 0 Å². The second-order valence-corrected chi connectivity index (χ2v) is 6.58. The van der Waals surface area contributed by atoms with Gasteiger partial charge in [0.15, 0.2) is 0 Å². The van der Waals surface area contributed by atoms with Crippen LogP contribution in [-0.4, -0.2) is 37.0 Å². The minimum Gasteiger partial charge on any atom is -0.506 e. The first-order valence-electron chi connectivity index (χ1n) is 7.15. The molecule has 5 nitrogen and oxygen atoms in total. The Hall–Kier alpha value is -1.34. The summed E-state index contributed by atoms with van der Waals surface area (Å²) in [7, 11) is 1.52. The average molecular weight is 447 g/mol. The molecule has 124 valence electrons. The summed E-state index contributed by atoms with van der Waals surface area (Å²) in [6, 6.07) is 3.64. The lowest BCUT2D eigenvalue weighted by atomic mass is 10.1. The molecule has 1 N–H and O–H groups in total. The number of methoxy groups -OCH3 is 1. The third kappa shape index (κ3) is 4.35. The van der Waals surface area contributed by atoms with Gasteiger partial charge in [0, 0.05) is 11.8 Å². The molecule has 1 aliphatic carbocycles. The van der Waals surface area contributed by atoms with Gasteiger partial charge in [-0.3, -0.25) is 4.99 Å². The van der Waals surface area contributed by atoms with E-state index in [9.17, 15) is 9.90 Å². The zero-order valence-electron chi connectivity index (χ0n) is 12.8. The van der Waals surface area contributed by atoms with Crippen LogP contribution in [0.2, 0.25) is 0 Å². The molecule has 0 heterocycles. The van der Waals surface area contributed by atoms with E-state index in [0.29, 0.717) is 15.8 Å². The van der Waals surface area contributed by atoms with Gasteiger partial charge in [0.2, 0.25) is 0 Å². The van der Waals surface area contributed by atoms with Crippen LogP contribution >= 0.6 is 31.9 Å². The first-order valence-corrected chi connectivity index (χ1v) is 8.74. The summed E-state index contributed by atoms with van der Waals surface area (Å²) in [5, 5.41) is 10.6. The monoisotopic (exact) mass is 445 g/mol. The molecule has 23 heavy (non-hydrogen) atoms. The summed E-state index contributed by atoms with van der Waals surface area (Å²) in [5.41, 5.74) is 0.458. The molecule has 0 saturated heterocycles. The molecule has 0 unspecified atom stereocenters. The van der Waals surface area contributed by atoms with E-state index in [4.69, 9.17) is 9.47 Å². The SMILES string of the molecule is CCOC(=O)C(C=NC1CC1)=C(O)c1ccc(Br)c(OC)c1Br. The van der Waals surface area contributed by atoms with Gasteiger partial charge in [-0.2, -0.15) is 0 Å². The highest BCUT2D eigenvalue weighted by Gasteiger charge is 2.23. The predicted octanol–water partition coefficient (Wildman–Crippen LogP) is 4.29. The van der Waals surface area contributed by atoms with E-state index in [2.05, 4.69) is 36.9 Å². The molecular weight excluding hydrogens is 430 g/mol. The van der Waals surface area contributed by atoms with Crippen molar-refractivity contribution in [2.75, 3.05) is 13.7 Å². The van der Waals surface area contributed by atoms with Crippen LogP contribution in [0.15, 0.2) is 31.6 Å². The molecule has 7 heteroatoms. The lowest BCUT2D eigenvalue weighted by Crippen LogP contribution is -2.12. The highest BCUT2D eigenvalue weighted by atomic mass is 79.9. The number of hydrogen-bond acceptors (Lipinski definition) is 5. The Labute approximate surface area is 151 Å². The van der Waals surface area contributed by atoms with Gasteiger partial charge in [0.25, 0.3) is 0 Å². The van der Waals surface area contributed by atoms with Crippen LogP contribution < -0.4 is 4.74 Å². The fourth-order valence-corrected chi connectivity index (χ4v) is 3.32. The lowest BCUT2D eigenvalue weighted by molar-refractivity contribution is -0.137. The fraction of sp³-hybridized carbons (Fsp3) is 0.375. The molecule has 0 aliphatic heterocycles. The normalized spacial score (nSPS) is 15.5. The maximum absolute atomic E-state index is 12.1. The molecule has 0 spiro atoms. The Balaban J connectivity index is 2.50. The summed E-state index contributed by atoms with van der Waals surface area (Å²) in [4.78, 5) is 16.4. The highest BCUT2D eigenvalue weighted by molar-refractivity contribution is 9.11. The third-order valence-corrected chi connectivity index (χ3v) is 4.63. The fourth-order valence-electron chi connectivity index (χ4n) is 1.87. The van der Waals surface area contributed by atoms with Crippen molar-refractivity contribution < 1.29 is 19.4 Å². The number of nitrogens with zero attached hydrogens (tertiary/aromatic N) is 1. The topological polar surface area (TPSA) is 68.1 Å². The number of aliphatic hydroxyl groups is 1. The van der Waals surface area contributed by atoms with Crippen LogP contribution in [-0.2, 0) is 9.53 Å². The molecule has 1 aromatic rings. The Morgan fingerprint density at radius 1 is 1.43 bits per heavy atom. The molecule has 1 aromatic carbocycles. The number of rotatable bonds is 6. The van der Waals surface area contributed by atoms with Gasteiger partial charge >= 0.3 is 5.97 Å². The van der Waals surface area contributed by atoms with E-state index in [0.717, 1.165) is 17.3 Å². The molecule has 0 amide bonds. The molecule has 0 bridgehead atoms. The summed E-state index contributed by atoms with van der Waals surface area (Å²) in [6.07, 6.45) is 3.40. The van der Waals surface area contributed by atoms with Crippen molar-refractivity contribution in [1.82, 2.24) is 0 Å². The number of carbonyl (C=O) groups is 1. The van der Waals surface area contributed by atoms with Gasteiger partial charge in [-0.1, -0.05) is 0 Å². The summed E-state index contributed by atoms with van der Waals surface area (Å²) >= 11 is 6.76. The number of aliphatic hydroxyl groups excluding tert-OH is 1. The molecule has 1 saturated carbocycles. The van der Waals surface area contributed by atoms with Gasteiger partial charge in [0.1, 0.15) is 17.1 Å². The minimum absolute atomic E-state index is 0.0313. The zero-order valence-corrected chi connectivity index (χ0v) is 16.0. The molecule has 1 fully saturated rings. The number of ether oxygens (including phenoxy) is 2. The second kappa shape index (κ2) is 7.97. The van der Waals surface area contributed by atoms with Gasteiger partial charge in [-0.25, -0.2) is 4.79 Å².